The van der Waals surface area contributed by atoms with Gasteiger partial charge in [-0.05, 0) is 19.3 Å². The minimum atomic E-state index is -0.757. The molecule has 0 saturated heterocycles. The van der Waals surface area contributed by atoms with Gasteiger partial charge in [0.15, 0.2) is 0 Å². The van der Waals surface area contributed by atoms with E-state index in [1.807, 2.05) is 6.92 Å². The molecule has 0 saturated carbocycles. The zero-order valence-electron chi connectivity index (χ0n) is 7.97. The third kappa shape index (κ3) is 4.94. The summed E-state index contributed by atoms with van der Waals surface area (Å²) in [6.45, 7) is 4.08. The molecule has 0 aliphatic heterocycles. The molecular weight excluding hydrogens is 152 g/mol. The Hall–Kier alpha value is -0.790. The first-order valence-corrected chi connectivity index (χ1v) is 4.64. The van der Waals surface area contributed by atoms with Crippen LogP contribution in [0.5, 0.6) is 0 Å². The highest BCUT2D eigenvalue weighted by molar-refractivity contribution is 5.86. The molecule has 0 aromatic heterocycles. The van der Waals surface area contributed by atoms with Gasteiger partial charge >= 0.3 is 5.97 Å². The smallest absolute Gasteiger partial charge is 0.331 e. The Balaban J connectivity index is 3.81. The Kier molecular flexibility index (Phi) is 6.44. The average molecular weight is 170 g/mol. The van der Waals surface area contributed by atoms with Gasteiger partial charge in [-0.1, -0.05) is 32.8 Å². The van der Waals surface area contributed by atoms with E-state index in [1.165, 1.54) is 0 Å². The Labute approximate surface area is 74.3 Å². The van der Waals surface area contributed by atoms with Gasteiger partial charge in [-0.15, -0.1) is 0 Å². The number of aliphatic carboxylic acids is 1. The highest BCUT2D eigenvalue weighted by Crippen LogP contribution is 2.09. The van der Waals surface area contributed by atoms with E-state index >= 15 is 0 Å². The number of unbranched alkanes of at least 4 members (excludes halogenated alkanes) is 2. The Bertz CT molecular complexity index is 159. The SMILES string of the molecule is CC/C=C(\CCCCC)C(=O)O. The van der Waals surface area contributed by atoms with Crippen molar-refractivity contribution in [3.8, 4) is 0 Å². The molecule has 0 unspecified atom stereocenters. The molecule has 0 rings (SSSR count). The minimum Gasteiger partial charge on any atom is -0.478 e. The van der Waals surface area contributed by atoms with E-state index in [0.29, 0.717) is 5.57 Å². The fourth-order valence-electron chi connectivity index (χ4n) is 1.11. The highest BCUT2D eigenvalue weighted by Gasteiger charge is 2.04. The second-order valence-corrected chi connectivity index (χ2v) is 2.90. The quantitative estimate of drug-likeness (QED) is 0.491. The molecule has 0 radical (unpaired) electrons. The summed E-state index contributed by atoms with van der Waals surface area (Å²) in [7, 11) is 0. The van der Waals surface area contributed by atoms with Crippen LogP contribution in [-0.4, -0.2) is 11.1 Å². The zero-order valence-corrected chi connectivity index (χ0v) is 7.97. The van der Waals surface area contributed by atoms with Crippen LogP contribution in [0.4, 0.5) is 0 Å². The molecule has 0 aliphatic rings. The molecular formula is C10H18O2. The van der Waals surface area contributed by atoms with Crippen LogP contribution in [0.2, 0.25) is 0 Å². The predicted molar refractivity (Wildman–Crippen MR) is 50.2 cm³/mol. The zero-order chi connectivity index (χ0) is 9.40. The number of hydrogen-bond donors (Lipinski definition) is 1. The summed E-state index contributed by atoms with van der Waals surface area (Å²) in [6.07, 6.45) is 6.59. The van der Waals surface area contributed by atoms with Gasteiger partial charge in [0.25, 0.3) is 0 Å². The summed E-state index contributed by atoms with van der Waals surface area (Å²) in [4.78, 5) is 10.6. The second kappa shape index (κ2) is 6.89. The molecule has 0 aliphatic carbocycles. The lowest BCUT2D eigenvalue weighted by atomic mass is 10.1. The van der Waals surface area contributed by atoms with E-state index in [4.69, 9.17) is 5.11 Å². The van der Waals surface area contributed by atoms with Crippen molar-refractivity contribution in [1.82, 2.24) is 0 Å². The first kappa shape index (κ1) is 11.2. The van der Waals surface area contributed by atoms with Gasteiger partial charge in [-0.25, -0.2) is 4.79 Å². The van der Waals surface area contributed by atoms with Gasteiger partial charge in [0, 0.05) is 5.57 Å². The van der Waals surface area contributed by atoms with E-state index in [0.717, 1.165) is 32.1 Å². The van der Waals surface area contributed by atoms with E-state index in [2.05, 4.69) is 6.92 Å². The van der Waals surface area contributed by atoms with Crippen molar-refractivity contribution < 1.29 is 9.90 Å². The van der Waals surface area contributed by atoms with Crippen molar-refractivity contribution in [3.63, 3.8) is 0 Å². The molecule has 0 heterocycles. The second-order valence-electron chi connectivity index (χ2n) is 2.90. The van der Waals surface area contributed by atoms with Crippen LogP contribution in [0.25, 0.3) is 0 Å². The first-order valence-electron chi connectivity index (χ1n) is 4.64. The van der Waals surface area contributed by atoms with Crippen molar-refractivity contribution in [2.45, 2.75) is 46.0 Å². The van der Waals surface area contributed by atoms with E-state index < -0.39 is 5.97 Å². The van der Waals surface area contributed by atoms with Crippen molar-refractivity contribution >= 4 is 5.97 Å². The summed E-state index contributed by atoms with van der Waals surface area (Å²) in [5.41, 5.74) is 0.575. The molecule has 0 bridgehead atoms. The monoisotopic (exact) mass is 170 g/mol. The maximum absolute atomic E-state index is 10.6. The molecule has 0 atom stereocenters. The van der Waals surface area contributed by atoms with E-state index in [-0.39, 0.29) is 0 Å². The maximum atomic E-state index is 10.6. The van der Waals surface area contributed by atoms with E-state index in [1.54, 1.807) is 6.08 Å². The van der Waals surface area contributed by atoms with Crippen molar-refractivity contribution in [1.29, 1.82) is 0 Å². The van der Waals surface area contributed by atoms with Gasteiger partial charge in [-0.2, -0.15) is 0 Å². The maximum Gasteiger partial charge on any atom is 0.331 e. The average Bonchev–Trinajstić information content (AvgIpc) is 2.03. The summed E-state index contributed by atoms with van der Waals surface area (Å²) >= 11 is 0. The fraction of sp³-hybridized carbons (Fsp3) is 0.700. The minimum absolute atomic E-state index is 0.575. The lowest BCUT2D eigenvalue weighted by Gasteiger charge is -2.00. The number of hydrogen-bond acceptors (Lipinski definition) is 1. The Morgan fingerprint density at radius 3 is 2.42 bits per heavy atom. The number of allylic oxidation sites excluding steroid dienone is 1. The first-order chi connectivity index (χ1) is 5.72. The predicted octanol–water partition coefficient (Wildman–Crippen LogP) is 2.99. The molecule has 12 heavy (non-hydrogen) atoms. The molecule has 0 fully saturated rings. The molecule has 2 nitrogen and oxygen atoms in total. The Morgan fingerprint density at radius 2 is 2.00 bits per heavy atom. The van der Waals surface area contributed by atoms with Gasteiger partial charge < -0.3 is 5.11 Å². The van der Waals surface area contributed by atoms with Crippen LogP contribution < -0.4 is 0 Å². The molecule has 0 spiro atoms. The number of rotatable bonds is 6. The van der Waals surface area contributed by atoms with E-state index in [9.17, 15) is 4.79 Å². The lowest BCUT2D eigenvalue weighted by Crippen LogP contribution is -2.00. The highest BCUT2D eigenvalue weighted by atomic mass is 16.4. The van der Waals surface area contributed by atoms with Crippen molar-refractivity contribution in [2.75, 3.05) is 0 Å². The third-order valence-electron chi connectivity index (χ3n) is 1.77. The topological polar surface area (TPSA) is 37.3 Å². The van der Waals surface area contributed by atoms with Crippen LogP contribution >= 0.6 is 0 Å². The number of carboxylic acid groups (broad SMARTS) is 1. The summed E-state index contributed by atoms with van der Waals surface area (Å²) in [6, 6.07) is 0. The largest absolute Gasteiger partial charge is 0.478 e. The summed E-state index contributed by atoms with van der Waals surface area (Å²) in [5, 5.41) is 8.74. The molecule has 1 N–H and O–H groups in total. The molecule has 70 valence electrons. The normalized spacial score (nSPS) is 11.7. The molecule has 0 aromatic rings. The number of carbonyl (C=O) groups is 1. The Morgan fingerprint density at radius 1 is 1.33 bits per heavy atom. The van der Waals surface area contributed by atoms with Crippen LogP contribution in [-0.2, 0) is 4.79 Å². The van der Waals surface area contributed by atoms with Crippen LogP contribution in [0.15, 0.2) is 11.6 Å². The molecule has 0 amide bonds. The van der Waals surface area contributed by atoms with Gasteiger partial charge in [0.1, 0.15) is 0 Å². The van der Waals surface area contributed by atoms with Gasteiger partial charge in [0.05, 0.1) is 0 Å². The molecule has 0 aromatic carbocycles. The van der Waals surface area contributed by atoms with Crippen LogP contribution in [0.3, 0.4) is 0 Å². The fourth-order valence-corrected chi connectivity index (χ4v) is 1.11. The molecule has 2 heteroatoms. The summed E-state index contributed by atoms with van der Waals surface area (Å²) < 4.78 is 0. The number of carboxylic acids is 1. The standard InChI is InChI=1S/C10H18O2/c1-3-5-6-8-9(7-4-2)10(11)12/h7H,3-6,8H2,1-2H3,(H,11,12)/b9-7+. The van der Waals surface area contributed by atoms with Gasteiger partial charge in [0.2, 0.25) is 0 Å². The third-order valence-corrected chi connectivity index (χ3v) is 1.77. The van der Waals surface area contributed by atoms with Gasteiger partial charge in [-0.3, -0.25) is 0 Å². The van der Waals surface area contributed by atoms with Crippen LogP contribution in [0.1, 0.15) is 46.0 Å². The summed E-state index contributed by atoms with van der Waals surface area (Å²) in [5.74, 6) is -0.757. The van der Waals surface area contributed by atoms with Crippen molar-refractivity contribution in [3.05, 3.63) is 11.6 Å². The van der Waals surface area contributed by atoms with Crippen LogP contribution in [0, 0.1) is 0 Å². The van der Waals surface area contributed by atoms with Crippen molar-refractivity contribution in [2.24, 2.45) is 0 Å². The lowest BCUT2D eigenvalue weighted by molar-refractivity contribution is -0.132.